The van der Waals surface area contributed by atoms with Crippen LogP contribution in [0.4, 0.5) is 11.4 Å². The number of hydrogen-bond acceptors (Lipinski definition) is 5. The molecule has 0 aromatic heterocycles. The van der Waals surface area contributed by atoms with Crippen LogP contribution in [0, 0.1) is 5.92 Å². The Balaban J connectivity index is 1.70. The molecule has 1 fully saturated rings. The van der Waals surface area contributed by atoms with Gasteiger partial charge in [-0.05, 0) is 73.7 Å². The molecular weight excluding hydrogens is 448 g/mol. The highest BCUT2D eigenvalue weighted by molar-refractivity contribution is 7.89. The van der Waals surface area contributed by atoms with Crippen LogP contribution in [0.1, 0.15) is 26.2 Å². The number of aliphatic imine (C=N–C) groups is 1. The molecule has 1 unspecified atom stereocenters. The lowest BCUT2D eigenvalue weighted by Crippen LogP contribution is -2.40. The van der Waals surface area contributed by atoms with Gasteiger partial charge in [-0.1, -0.05) is 18.5 Å². The third-order valence-electron chi connectivity index (χ3n) is 5.62. The average Bonchev–Trinajstić information content (AvgIpc) is 2.78. The van der Waals surface area contributed by atoms with E-state index in [-0.39, 0.29) is 12.0 Å². The molecule has 0 amide bonds. The fraction of sp³-hybridized carbons (Fsp3) is 0.435. The van der Waals surface area contributed by atoms with E-state index >= 15 is 0 Å². The number of benzene rings is 2. The summed E-state index contributed by atoms with van der Waals surface area (Å²) in [5.41, 5.74) is 1.90. The first-order valence-electron chi connectivity index (χ1n) is 10.7. The summed E-state index contributed by atoms with van der Waals surface area (Å²) in [6, 6.07) is 15.2. The maximum atomic E-state index is 11.9. The van der Waals surface area contributed by atoms with Gasteiger partial charge in [0.15, 0.2) is 0 Å². The lowest BCUT2D eigenvalue weighted by Gasteiger charge is -2.36. The van der Waals surface area contributed by atoms with E-state index in [2.05, 4.69) is 34.0 Å². The molecule has 7 nitrogen and oxygen atoms in total. The van der Waals surface area contributed by atoms with Gasteiger partial charge in [-0.15, -0.1) is 0 Å². The van der Waals surface area contributed by atoms with Crippen molar-refractivity contribution < 1.29 is 13.2 Å². The number of guanidine groups is 1. The van der Waals surface area contributed by atoms with Crippen LogP contribution in [-0.2, 0) is 10.0 Å². The Labute approximate surface area is 195 Å². The zero-order valence-electron chi connectivity index (χ0n) is 18.7. The summed E-state index contributed by atoms with van der Waals surface area (Å²) in [5.74, 6) is 1.46. The number of nitrogens with one attached hydrogen (secondary N) is 2. The molecule has 0 bridgehead atoms. The van der Waals surface area contributed by atoms with E-state index in [1.165, 1.54) is 5.69 Å². The maximum absolute atomic E-state index is 11.9. The number of sulfonamides is 1. The van der Waals surface area contributed by atoms with Crippen LogP contribution in [0.3, 0.4) is 0 Å². The molecule has 1 aliphatic rings. The summed E-state index contributed by atoms with van der Waals surface area (Å²) in [7, 11) is -1.81. The van der Waals surface area contributed by atoms with Crippen molar-refractivity contribution in [1.82, 2.24) is 4.72 Å². The van der Waals surface area contributed by atoms with E-state index in [0.29, 0.717) is 16.6 Å². The van der Waals surface area contributed by atoms with E-state index in [0.717, 1.165) is 44.4 Å². The van der Waals surface area contributed by atoms with Crippen LogP contribution in [0.5, 0.6) is 5.75 Å². The highest BCUT2D eigenvalue weighted by atomic mass is 35.5. The minimum absolute atomic E-state index is 0.0112. The minimum atomic E-state index is -3.47. The Bertz CT molecular complexity index is 1000. The van der Waals surface area contributed by atoms with Crippen LogP contribution in [-0.4, -0.2) is 46.9 Å². The smallest absolute Gasteiger partial charge is 0.232 e. The quantitative estimate of drug-likeness (QED) is 0.456. The van der Waals surface area contributed by atoms with Crippen molar-refractivity contribution in [2.45, 2.75) is 32.2 Å². The molecule has 0 spiro atoms. The summed E-state index contributed by atoms with van der Waals surface area (Å²) in [6.07, 6.45) is 3.92. The van der Waals surface area contributed by atoms with Crippen molar-refractivity contribution in [1.29, 1.82) is 0 Å². The summed E-state index contributed by atoms with van der Waals surface area (Å²) in [4.78, 5) is 7.16. The molecular formula is C23H31ClN4O3S. The Hall–Kier alpha value is -2.45. The summed E-state index contributed by atoms with van der Waals surface area (Å²) in [5, 5.41) is 3.70. The van der Waals surface area contributed by atoms with Gasteiger partial charge in [0.25, 0.3) is 0 Å². The largest absolute Gasteiger partial charge is 0.497 e. The third kappa shape index (κ3) is 7.03. The zero-order valence-corrected chi connectivity index (χ0v) is 20.3. The van der Waals surface area contributed by atoms with Gasteiger partial charge in [0.2, 0.25) is 16.0 Å². The number of methoxy groups -OCH3 is 1. The maximum Gasteiger partial charge on any atom is 0.232 e. The van der Waals surface area contributed by atoms with Gasteiger partial charge in [-0.3, -0.25) is 4.72 Å². The van der Waals surface area contributed by atoms with Crippen LogP contribution < -0.4 is 19.7 Å². The Kier molecular flexibility index (Phi) is 8.26. The average molecular weight is 479 g/mol. The molecule has 32 heavy (non-hydrogen) atoms. The van der Waals surface area contributed by atoms with Gasteiger partial charge in [-0.2, -0.15) is 0 Å². The van der Waals surface area contributed by atoms with Crippen molar-refractivity contribution >= 4 is 39.0 Å². The van der Waals surface area contributed by atoms with Gasteiger partial charge in [0, 0.05) is 29.5 Å². The lowest BCUT2D eigenvalue weighted by molar-refractivity contribution is 0.335. The molecule has 2 N–H and O–H groups in total. The SMILES string of the molecule is CCC(N=C(Nc1ccc(Cl)cc1)NS(C)(=O)=O)C1CCN(c2ccc(OC)cc2)CC1. The second-order valence-electron chi connectivity index (χ2n) is 7.98. The van der Waals surface area contributed by atoms with Gasteiger partial charge < -0.3 is 15.0 Å². The highest BCUT2D eigenvalue weighted by Gasteiger charge is 2.26. The Morgan fingerprint density at radius 1 is 1.16 bits per heavy atom. The molecule has 3 rings (SSSR count). The van der Waals surface area contributed by atoms with E-state index in [9.17, 15) is 8.42 Å². The third-order valence-corrected chi connectivity index (χ3v) is 6.44. The first-order chi connectivity index (χ1) is 15.3. The Morgan fingerprint density at radius 2 is 1.78 bits per heavy atom. The van der Waals surface area contributed by atoms with Gasteiger partial charge >= 0.3 is 0 Å². The molecule has 174 valence electrons. The number of nitrogens with zero attached hydrogens (tertiary/aromatic N) is 2. The fourth-order valence-electron chi connectivity index (χ4n) is 3.96. The number of halogens is 1. The monoisotopic (exact) mass is 478 g/mol. The van der Waals surface area contributed by atoms with Crippen LogP contribution in [0.2, 0.25) is 5.02 Å². The highest BCUT2D eigenvalue weighted by Crippen LogP contribution is 2.29. The summed E-state index contributed by atoms with van der Waals surface area (Å²) in [6.45, 7) is 3.95. The van der Waals surface area contributed by atoms with E-state index in [1.54, 1.807) is 31.4 Å². The molecule has 9 heteroatoms. The molecule has 1 aliphatic heterocycles. The second-order valence-corrected chi connectivity index (χ2v) is 10.2. The van der Waals surface area contributed by atoms with Crippen molar-refractivity contribution in [2.24, 2.45) is 10.9 Å². The predicted molar refractivity (Wildman–Crippen MR) is 132 cm³/mol. The minimum Gasteiger partial charge on any atom is -0.497 e. The normalized spacial score (nSPS) is 16.5. The summed E-state index contributed by atoms with van der Waals surface area (Å²) < 4.78 is 31.6. The van der Waals surface area contributed by atoms with E-state index in [1.807, 2.05) is 12.1 Å². The molecule has 1 saturated heterocycles. The molecule has 0 radical (unpaired) electrons. The van der Waals surface area contributed by atoms with E-state index < -0.39 is 10.0 Å². The standard InChI is InChI=1S/C23H31ClN4O3S/c1-4-22(17-13-15-28(16-14-17)20-9-11-21(31-2)12-10-20)26-23(27-32(3,29)30)25-19-7-5-18(24)6-8-19/h5-12,17,22H,4,13-16H2,1-3H3,(H2,25,26,27). The van der Waals surface area contributed by atoms with Crippen LogP contribution in [0.15, 0.2) is 53.5 Å². The van der Waals surface area contributed by atoms with Crippen LogP contribution >= 0.6 is 11.6 Å². The molecule has 2 aromatic rings. The predicted octanol–water partition coefficient (Wildman–Crippen LogP) is 4.36. The second kappa shape index (κ2) is 10.9. The zero-order chi connectivity index (χ0) is 23.1. The lowest BCUT2D eigenvalue weighted by atomic mass is 9.88. The summed E-state index contributed by atoms with van der Waals surface area (Å²) >= 11 is 5.95. The first-order valence-corrected chi connectivity index (χ1v) is 13.0. The van der Waals surface area contributed by atoms with Crippen LogP contribution in [0.25, 0.3) is 0 Å². The van der Waals surface area contributed by atoms with Crippen molar-refractivity contribution in [3.05, 3.63) is 53.6 Å². The molecule has 1 atom stereocenters. The molecule has 0 saturated carbocycles. The molecule has 1 heterocycles. The Morgan fingerprint density at radius 3 is 2.31 bits per heavy atom. The number of rotatable bonds is 7. The molecule has 0 aliphatic carbocycles. The first kappa shape index (κ1) is 24.2. The fourth-order valence-corrected chi connectivity index (χ4v) is 4.54. The van der Waals surface area contributed by atoms with Gasteiger partial charge in [0.05, 0.1) is 19.4 Å². The number of piperidine rings is 1. The van der Waals surface area contributed by atoms with Gasteiger partial charge in [0.1, 0.15) is 5.75 Å². The van der Waals surface area contributed by atoms with Crippen molar-refractivity contribution in [2.75, 3.05) is 36.7 Å². The number of ether oxygens (including phenoxy) is 1. The van der Waals surface area contributed by atoms with Gasteiger partial charge in [-0.25, -0.2) is 13.4 Å². The molecule has 2 aromatic carbocycles. The van der Waals surface area contributed by atoms with Crippen molar-refractivity contribution in [3.8, 4) is 5.75 Å². The van der Waals surface area contributed by atoms with E-state index in [4.69, 9.17) is 21.3 Å². The topological polar surface area (TPSA) is 83.0 Å². The number of hydrogen-bond donors (Lipinski definition) is 2. The number of anilines is 2. The van der Waals surface area contributed by atoms with Crippen molar-refractivity contribution in [3.63, 3.8) is 0 Å².